The van der Waals surface area contributed by atoms with Gasteiger partial charge in [-0.1, -0.05) is 12.1 Å². The Morgan fingerprint density at radius 2 is 1.13 bits per heavy atom. The van der Waals surface area contributed by atoms with Crippen LogP contribution in [-0.2, 0) is 71.4 Å². The van der Waals surface area contributed by atoms with Crippen LogP contribution < -0.4 is 19.9 Å². The first-order valence-corrected chi connectivity index (χ1v) is 23.3. The summed E-state index contributed by atoms with van der Waals surface area (Å²) in [7, 11) is -6.88. The van der Waals surface area contributed by atoms with Gasteiger partial charge < -0.3 is 19.9 Å². The number of hydrogen-bond acceptors (Lipinski definition) is 9. The minimum atomic E-state index is -3.62. The molecule has 2 heterocycles. The maximum atomic E-state index is 12.5. The Bertz CT molecular complexity index is 1980. The van der Waals surface area contributed by atoms with E-state index in [4.69, 9.17) is 15.1 Å². The van der Waals surface area contributed by atoms with Crippen LogP contribution in [0.2, 0.25) is 0 Å². The maximum Gasteiger partial charge on any atom is 0.332 e. The third-order valence-electron chi connectivity index (χ3n) is 12.7. The van der Waals surface area contributed by atoms with Crippen molar-refractivity contribution in [2.75, 3.05) is 44.6 Å². The summed E-state index contributed by atoms with van der Waals surface area (Å²) in [5.41, 5.74) is 11.4. The largest absolute Gasteiger partial charge is 0.387 e. The summed E-state index contributed by atoms with van der Waals surface area (Å²) in [6.07, 6.45) is 20.1. The molecule has 4 N–H and O–H groups in total. The van der Waals surface area contributed by atoms with Crippen LogP contribution in [0.4, 0.5) is 10.5 Å². The fourth-order valence-corrected chi connectivity index (χ4v) is 11.5. The first-order chi connectivity index (χ1) is 25.9. The second-order valence-corrected chi connectivity index (χ2v) is 20.7. The van der Waals surface area contributed by atoms with Crippen LogP contribution in [0.3, 0.4) is 0 Å². The fraction of sp³-hybridized carbons (Fsp3) is 0.650. The average molecular weight is 779 g/mol. The first-order valence-electron chi connectivity index (χ1n) is 20.1. The molecular formula is C40H54N6O6S2. The third-order valence-corrected chi connectivity index (χ3v) is 15.6. The van der Waals surface area contributed by atoms with E-state index in [1.807, 2.05) is 6.26 Å². The molecule has 8 aliphatic rings. The van der Waals surface area contributed by atoms with Gasteiger partial charge in [-0.15, -0.1) is 5.26 Å². The lowest BCUT2D eigenvalue weighted by Crippen LogP contribution is -2.58. The monoisotopic (exact) mass is 778 g/mol. The molecule has 4 fully saturated rings. The number of fused-ring (bicyclic) bond motifs is 4. The van der Waals surface area contributed by atoms with Gasteiger partial charge in [0.25, 0.3) is 6.26 Å². The molecule has 0 aromatic heterocycles. The predicted molar refractivity (Wildman–Crippen MR) is 207 cm³/mol. The van der Waals surface area contributed by atoms with Gasteiger partial charge in [0.05, 0.1) is 0 Å². The molecule has 2 aromatic rings. The Hall–Kier alpha value is -3.22. The molecule has 10 rings (SSSR count). The molecule has 2 amide bonds. The van der Waals surface area contributed by atoms with Crippen LogP contribution >= 0.6 is 0 Å². The van der Waals surface area contributed by atoms with Crippen molar-refractivity contribution in [2.24, 2.45) is 17.0 Å². The Kier molecular flexibility index (Phi) is 10.7. The molecule has 12 nitrogen and oxygen atoms in total. The summed E-state index contributed by atoms with van der Waals surface area (Å²) >= 11 is 0. The molecule has 2 aromatic carbocycles. The number of aryl methyl sites for hydroxylation is 4. The topological polar surface area (TPSA) is 175 Å². The van der Waals surface area contributed by atoms with Crippen molar-refractivity contribution in [3.8, 4) is 12.0 Å². The molecule has 6 aliphatic carbocycles. The Morgan fingerprint density at radius 3 is 1.56 bits per heavy atom. The highest BCUT2D eigenvalue weighted by Gasteiger charge is 2.41. The van der Waals surface area contributed by atoms with E-state index in [-0.39, 0.29) is 5.25 Å². The number of carbonyl (C=O) groups excluding carboxylic acids is 1. The molecule has 14 heteroatoms. The van der Waals surface area contributed by atoms with Gasteiger partial charge in [0.1, 0.15) is 16.2 Å². The number of nitriles is 1. The molecule has 0 bridgehead atoms. The highest BCUT2D eigenvalue weighted by atomic mass is 32.2. The second-order valence-electron chi connectivity index (χ2n) is 16.9. The zero-order chi connectivity index (χ0) is 37.6. The van der Waals surface area contributed by atoms with E-state index < -0.39 is 31.3 Å². The van der Waals surface area contributed by atoms with E-state index >= 15 is 0 Å². The van der Waals surface area contributed by atoms with E-state index in [0.717, 1.165) is 101 Å². The van der Waals surface area contributed by atoms with Crippen LogP contribution in [0.15, 0.2) is 12.1 Å². The van der Waals surface area contributed by atoms with Crippen molar-refractivity contribution in [1.29, 1.82) is 5.26 Å². The molecule has 2 aliphatic heterocycles. The highest BCUT2D eigenvalue weighted by molar-refractivity contribution is 7.90. The number of amides is 2. The Morgan fingerprint density at radius 1 is 0.704 bits per heavy atom. The molecule has 0 unspecified atom stereocenters. The minimum absolute atomic E-state index is 0.295. The highest BCUT2D eigenvalue weighted by Crippen LogP contribution is 2.41. The quantitative estimate of drug-likeness (QED) is 0.317. The molecule has 2 saturated carbocycles. The lowest BCUT2D eigenvalue weighted by atomic mass is 9.99. The second kappa shape index (κ2) is 15.4. The predicted octanol–water partition coefficient (Wildman–Crippen LogP) is 4.10. The maximum absolute atomic E-state index is 12.5. The van der Waals surface area contributed by atoms with Gasteiger partial charge in [-0.05, 0) is 159 Å². The minimum Gasteiger partial charge on any atom is -0.387 e. The van der Waals surface area contributed by atoms with E-state index in [9.17, 15) is 21.6 Å². The summed E-state index contributed by atoms with van der Waals surface area (Å²) in [5, 5.41) is 15.8. The molecule has 0 spiro atoms. The number of anilines is 1. The first kappa shape index (κ1) is 37.7. The number of urea groups is 1. The fourth-order valence-electron chi connectivity index (χ4n) is 9.33. The van der Waals surface area contributed by atoms with E-state index in [2.05, 4.69) is 32.0 Å². The molecule has 54 heavy (non-hydrogen) atoms. The number of carbonyl (C=O) groups is 1. The summed E-state index contributed by atoms with van der Waals surface area (Å²) in [6, 6.07) is 4.03. The van der Waals surface area contributed by atoms with Crippen molar-refractivity contribution in [1.82, 2.24) is 14.5 Å². The molecular weight excluding hydrogens is 725 g/mol. The van der Waals surface area contributed by atoms with Crippen molar-refractivity contribution in [2.45, 2.75) is 113 Å². The smallest absolute Gasteiger partial charge is 0.332 e. The molecule has 292 valence electrons. The SMILES string of the molecule is N#COc1c2c(cc3c1CCC3)CCC2.NS(=O)(=O)C1CN(CC2CC2)C1.O=C(Nc1c2c(cc3c1CCC3)CCC2)NS(=O)(=O)C1CN(CC2CC2)C1. The summed E-state index contributed by atoms with van der Waals surface area (Å²) in [4.78, 5) is 16.9. The standard InChI is InChI=1S/C20H27N3O3S.C13H13NO.C7H14N2O2S/c24-20(22-27(25,26)16-11-23(12-16)10-13-7-8-13)21-19-17-5-1-3-14(17)9-15-4-2-6-18(15)19;14-8-15-13-11-5-1-3-9(11)7-10-4-2-6-12(10)13;8-12(10,11)7-4-9(5-7)3-6-1-2-6/h9,13,16H,1-8,10-12H2,(H2,21,22,24);7H,1-6H2;6-7H,1-5H2,(H2,8,10,11). The number of sulfonamides is 2. The Balaban J connectivity index is 0.000000128. The third kappa shape index (κ3) is 8.45. The van der Waals surface area contributed by atoms with Gasteiger partial charge in [-0.25, -0.2) is 31.5 Å². The van der Waals surface area contributed by atoms with Crippen LogP contribution in [-0.4, -0.2) is 82.4 Å². The number of benzene rings is 2. The Labute approximate surface area is 320 Å². The van der Waals surface area contributed by atoms with Crippen LogP contribution in [0.1, 0.15) is 95.9 Å². The lowest BCUT2D eigenvalue weighted by Gasteiger charge is -2.38. The average Bonchev–Trinajstić information content (AvgIpc) is 3.77. The molecule has 0 radical (unpaired) electrons. The molecule has 0 atom stereocenters. The number of ether oxygens (including phenoxy) is 1. The number of nitrogens with two attached hydrogens (primary N) is 1. The van der Waals surface area contributed by atoms with Gasteiger partial charge in [0, 0.05) is 45.0 Å². The van der Waals surface area contributed by atoms with Crippen LogP contribution in [0.5, 0.6) is 5.75 Å². The summed E-state index contributed by atoms with van der Waals surface area (Å²) in [5.74, 6) is 2.50. The number of hydrogen-bond donors (Lipinski definition) is 3. The lowest BCUT2D eigenvalue weighted by molar-refractivity contribution is 0.176. The number of nitrogens with zero attached hydrogens (tertiary/aromatic N) is 3. The van der Waals surface area contributed by atoms with Gasteiger partial charge in [-0.3, -0.25) is 0 Å². The van der Waals surface area contributed by atoms with Gasteiger partial charge in [-0.2, -0.15) is 0 Å². The normalized spacial score (nSPS) is 21.9. The van der Waals surface area contributed by atoms with Crippen LogP contribution in [0, 0.1) is 23.4 Å². The zero-order valence-electron chi connectivity index (χ0n) is 31.2. The number of rotatable bonds is 9. The van der Waals surface area contributed by atoms with Gasteiger partial charge in [0.2, 0.25) is 20.0 Å². The van der Waals surface area contributed by atoms with Crippen LogP contribution in [0.25, 0.3) is 0 Å². The molecule has 2 saturated heterocycles. The van der Waals surface area contributed by atoms with Crippen molar-refractivity contribution < 1.29 is 26.4 Å². The van der Waals surface area contributed by atoms with Crippen molar-refractivity contribution in [3.63, 3.8) is 0 Å². The van der Waals surface area contributed by atoms with E-state index in [1.54, 1.807) is 0 Å². The van der Waals surface area contributed by atoms with Crippen molar-refractivity contribution in [3.05, 3.63) is 56.6 Å². The van der Waals surface area contributed by atoms with E-state index in [1.165, 1.54) is 83.0 Å². The van der Waals surface area contributed by atoms with Gasteiger partial charge in [0.15, 0.2) is 0 Å². The number of likely N-dealkylation sites (tertiary alicyclic amines) is 2. The number of nitrogens with one attached hydrogen (secondary N) is 2. The van der Waals surface area contributed by atoms with E-state index in [0.29, 0.717) is 26.2 Å². The van der Waals surface area contributed by atoms with Gasteiger partial charge >= 0.3 is 6.03 Å². The summed E-state index contributed by atoms with van der Waals surface area (Å²) in [6.45, 7) is 4.45. The zero-order valence-corrected chi connectivity index (χ0v) is 32.8. The number of primary sulfonamides is 1. The summed E-state index contributed by atoms with van der Waals surface area (Å²) < 4.78 is 54.2. The van der Waals surface area contributed by atoms with Crippen molar-refractivity contribution >= 4 is 31.8 Å².